The summed E-state index contributed by atoms with van der Waals surface area (Å²) in [4.78, 5) is 14.1. The van der Waals surface area contributed by atoms with Crippen molar-refractivity contribution in [3.63, 3.8) is 0 Å². The monoisotopic (exact) mass is 247 g/mol. The molecule has 0 aliphatic rings. The van der Waals surface area contributed by atoms with Crippen LogP contribution >= 0.6 is 0 Å². The average Bonchev–Trinajstić information content (AvgIpc) is 2.36. The van der Waals surface area contributed by atoms with Crippen molar-refractivity contribution < 1.29 is 4.79 Å². The van der Waals surface area contributed by atoms with Gasteiger partial charge in [0.25, 0.3) is 0 Å². The number of urea groups is 1. The van der Waals surface area contributed by atoms with Crippen molar-refractivity contribution >= 4 is 11.7 Å². The molecule has 0 unspecified atom stereocenters. The Hall–Kier alpha value is -2.20. The van der Waals surface area contributed by atoms with E-state index in [1.165, 1.54) is 0 Å². The van der Waals surface area contributed by atoms with E-state index in [1.807, 2.05) is 31.2 Å². The van der Waals surface area contributed by atoms with E-state index in [2.05, 4.69) is 20.7 Å². The maximum Gasteiger partial charge on any atom is 0.319 e. The molecule has 18 heavy (non-hydrogen) atoms. The molecule has 0 aromatic heterocycles. The van der Waals surface area contributed by atoms with Gasteiger partial charge in [0.05, 0.1) is 0 Å². The maximum absolute atomic E-state index is 11.5. The maximum atomic E-state index is 11.5. The van der Waals surface area contributed by atoms with Gasteiger partial charge in [0.1, 0.15) is 0 Å². The largest absolute Gasteiger partial charge is 0.338 e. The Bertz CT molecular complexity index is 423. The minimum absolute atomic E-state index is 0.220. The highest BCUT2D eigenvalue weighted by molar-refractivity contribution is 5.89. The SMILES string of the molecule is Cc1ccc(NC(=O)NCCCCN=[N+]=[N-])cc1. The summed E-state index contributed by atoms with van der Waals surface area (Å²) < 4.78 is 0. The Morgan fingerprint density at radius 1 is 1.33 bits per heavy atom. The third-order valence-corrected chi connectivity index (χ3v) is 2.34. The quantitative estimate of drug-likeness (QED) is 0.343. The predicted octanol–water partition coefficient (Wildman–Crippen LogP) is 3.21. The lowest BCUT2D eigenvalue weighted by molar-refractivity contribution is 0.252. The van der Waals surface area contributed by atoms with Crippen molar-refractivity contribution in [3.05, 3.63) is 40.3 Å². The van der Waals surface area contributed by atoms with Gasteiger partial charge in [-0.15, -0.1) is 0 Å². The van der Waals surface area contributed by atoms with Crippen molar-refractivity contribution in [2.75, 3.05) is 18.4 Å². The van der Waals surface area contributed by atoms with Crippen molar-refractivity contribution in [1.82, 2.24) is 5.32 Å². The van der Waals surface area contributed by atoms with Gasteiger partial charge in [-0.1, -0.05) is 22.8 Å². The normalized spacial score (nSPS) is 9.39. The number of amides is 2. The lowest BCUT2D eigenvalue weighted by Crippen LogP contribution is -2.29. The molecule has 0 aliphatic carbocycles. The molecule has 0 radical (unpaired) electrons. The molecule has 6 heteroatoms. The van der Waals surface area contributed by atoms with E-state index in [1.54, 1.807) is 0 Å². The first-order valence-corrected chi connectivity index (χ1v) is 5.85. The van der Waals surface area contributed by atoms with Crippen LogP contribution in [-0.2, 0) is 0 Å². The summed E-state index contributed by atoms with van der Waals surface area (Å²) in [5.41, 5.74) is 10.00. The third kappa shape index (κ3) is 5.77. The molecule has 0 atom stereocenters. The van der Waals surface area contributed by atoms with Crippen LogP contribution in [-0.4, -0.2) is 19.1 Å². The molecule has 1 aromatic rings. The minimum atomic E-state index is -0.220. The van der Waals surface area contributed by atoms with Crippen LogP contribution < -0.4 is 10.6 Å². The number of unbranched alkanes of at least 4 members (excludes halogenated alkanes) is 1. The summed E-state index contributed by atoms with van der Waals surface area (Å²) in [5.74, 6) is 0. The Balaban J connectivity index is 2.17. The molecule has 1 aromatic carbocycles. The fraction of sp³-hybridized carbons (Fsp3) is 0.417. The molecular weight excluding hydrogens is 230 g/mol. The molecule has 2 N–H and O–H groups in total. The molecule has 0 saturated heterocycles. The summed E-state index contributed by atoms with van der Waals surface area (Å²) in [6.45, 7) is 3.03. The van der Waals surface area contributed by atoms with Crippen LogP contribution in [0.25, 0.3) is 10.4 Å². The summed E-state index contributed by atoms with van der Waals surface area (Å²) in [5, 5.41) is 8.89. The predicted molar refractivity (Wildman–Crippen MR) is 71.4 cm³/mol. The summed E-state index contributed by atoms with van der Waals surface area (Å²) >= 11 is 0. The van der Waals surface area contributed by atoms with E-state index in [0.29, 0.717) is 13.1 Å². The molecule has 0 heterocycles. The molecule has 0 spiro atoms. The van der Waals surface area contributed by atoms with Crippen molar-refractivity contribution in [2.24, 2.45) is 5.11 Å². The molecule has 96 valence electrons. The molecule has 6 nitrogen and oxygen atoms in total. The zero-order chi connectivity index (χ0) is 13.2. The first kappa shape index (κ1) is 13.9. The van der Waals surface area contributed by atoms with E-state index >= 15 is 0 Å². The number of nitrogens with one attached hydrogen (secondary N) is 2. The number of anilines is 1. The number of hydrogen-bond acceptors (Lipinski definition) is 2. The van der Waals surface area contributed by atoms with E-state index in [9.17, 15) is 4.79 Å². The van der Waals surface area contributed by atoms with Gasteiger partial charge in [-0.25, -0.2) is 4.79 Å². The lowest BCUT2D eigenvalue weighted by atomic mass is 10.2. The topological polar surface area (TPSA) is 89.9 Å². The molecule has 1 rings (SSSR count). The Kier molecular flexibility index (Phi) is 6.14. The van der Waals surface area contributed by atoms with E-state index in [0.717, 1.165) is 24.1 Å². The van der Waals surface area contributed by atoms with Gasteiger partial charge < -0.3 is 10.6 Å². The van der Waals surface area contributed by atoms with Crippen LogP contribution in [0.5, 0.6) is 0 Å². The van der Waals surface area contributed by atoms with Crippen molar-refractivity contribution in [1.29, 1.82) is 0 Å². The van der Waals surface area contributed by atoms with Crippen molar-refractivity contribution in [2.45, 2.75) is 19.8 Å². The summed E-state index contributed by atoms with van der Waals surface area (Å²) in [7, 11) is 0. The van der Waals surface area contributed by atoms with E-state index < -0.39 is 0 Å². The Morgan fingerprint density at radius 2 is 2.06 bits per heavy atom. The minimum Gasteiger partial charge on any atom is -0.338 e. The zero-order valence-corrected chi connectivity index (χ0v) is 10.4. The first-order chi connectivity index (χ1) is 8.72. The van der Waals surface area contributed by atoms with Gasteiger partial charge in [0.2, 0.25) is 0 Å². The molecule has 0 aliphatic heterocycles. The first-order valence-electron chi connectivity index (χ1n) is 5.85. The van der Waals surface area contributed by atoms with Crippen LogP contribution in [0.1, 0.15) is 18.4 Å². The second-order valence-corrected chi connectivity index (χ2v) is 3.91. The Labute approximate surface area is 106 Å². The molecule has 0 bridgehead atoms. The van der Waals surface area contributed by atoms with Gasteiger partial charge >= 0.3 is 6.03 Å². The van der Waals surface area contributed by atoms with Crippen LogP contribution in [0, 0.1) is 6.92 Å². The lowest BCUT2D eigenvalue weighted by Gasteiger charge is -2.07. The van der Waals surface area contributed by atoms with E-state index in [-0.39, 0.29) is 6.03 Å². The second kappa shape index (κ2) is 7.97. The number of benzene rings is 1. The van der Waals surface area contributed by atoms with Crippen LogP contribution in [0.4, 0.5) is 10.5 Å². The molecule has 0 fully saturated rings. The fourth-order valence-electron chi connectivity index (χ4n) is 1.37. The number of azide groups is 1. The van der Waals surface area contributed by atoms with Gasteiger partial charge in [0.15, 0.2) is 0 Å². The number of carbonyl (C=O) groups excluding carboxylic acids is 1. The van der Waals surface area contributed by atoms with Crippen molar-refractivity contribution in [3.8, 4) is 0 Å². The second-order valence-electron chi connectivity index (χ2n) is 3.91. The number of nitrogens with zero attached hydrogens (tertiary/aromatic N) is 3. The highest BCUT2D eigenvalue weighted by atomic mass is 16.2. The molecular formula is C12H17N5O. The van der Waals surface area contributed by atoms with Gasteiger partial charge in [-0.2, -0.15) is 0 Å². The Morgan fingerprint density at radius 3 is 2.72 bits per heavy atom. The highest BCUT2D eigenvalue weighted by Gasteiger charge is 1.99. The number of carbonyl (C=O) groups is 1. The van der Waals surface area contributed by atoms with Crippen LogP contribution in [0.15, 0.2) is 29.4 Å². The number of aryl methyl sites for hydroxylation is 1. The average molecular weight is 247 g/mol. The van der Waals surface area contributed by atoms with Gasteiger partial charge in [-0.05, 0) is 37.4 Å². The van der Waals surface area contributed by atoms with Gasteiger partial charge in [0, 0.05) is 23.7 Å². The molecule has 2 amide bonds. The van der Waals surface area contributed by atoms with E-state index in [4.69, 9.17) is 5.53 Å². The summed E-state index contributed by atoms with van der Waals surface area (Å²) in [6, 6.07) is 7.38. The standard InChI is InChI=1S/C12H17N5O/c1-10-4-6-11(7-5-10)16-12(18)14-8-2-3-9-15-17-13/h4-7H,2-3,8-9H2,1H3,(H2,14,16,18). The third-order valence-electron chi connectivity index (χ3n) is 2.34. The molecule has 0 saturated carbocycles. The highest BCUT2D eigenvalue weighted by Crippen LogP contribution is 2.07. The zero-order valence-electron chi connectivity index (χ0n) is 10.4. The summed E-state index contributed by atoms with van der Waals surface area (Å²) in [6.07, 6.45) is 1.56. The van der Waals surface area contributed by atoms with Crippen LogP contribution in [0.2, 0.25) is 0 Å². The number of hydrogen-bond donors (Lipinski definition) is 2. The smallest absolute Gasteiger partial charge is 0.319 e. The van der Waals surface area contributed by atoms with Crippen LogP contribution in [0.3, 0.4) is 0 Å². The number of rotatable bonds is 6. The fourth-order valence-corrected chi connectivity index (χ4v) is 1.37. The van der Waals surface area contributed by atoms with Gasteiger partial charge in [-0.3, -0.25) is 0 Å².